The molecular weight excluding hydrogens is 328 g/mol. The van der Waals surface area contributed by atoms with Crippen molar-refractivity contribution in [3.05, 3.63) is 71.3 Å². The van der Waals surface area contributed by atoms with Gasteiger partial charge in [-0.3, -0.25) is 0 Å². The van der Waals surface area contributed by atoms with Crippen LogP contribution in [0, 0.1) is 11.3 Å². The van der Waals surface area contributed by atoms with Crippen LogP contribution in [-0.4, -0.2) is 31.3 Å². The Morgan fingerprint density at radius 1 is 1.04 bits per heavy atom. The highest BCUT2D eigenvalue weighted by atomic mass is 15.0. The fraction of sp³-hybridized carbons (Fsp3) is 0.400. The average Bonchev–Trinajstić information content (AvgIpc) is 3.14. The van der Waals surface area contributed by atoms with Crippen molar-refractivity contribution in [1.82, 2.24) is 4.90 Å². The van der Waals surface area contributed by atoms with E-state index in [0.717, 1.165) is 12.3 Å². The van der Waals surface area contributed by atoms with Crippen molar-refractivity contribution in [1.29, 1.82) is 5.41 Å². The zero-order valence-corrected chi connectivity index (χ0v) is 16.5. The van der Waals surface area contributed by atoms with Crippen molar-refractivity contribution in [2.75, 3.05) is 20.6 Å². The number of benzene rings is 2. The second-order valence-corrected chi connectivity index (χ2v) is 8.38. The summed E-state index contributed by atoms with van der Waals surface area (Å²) in [6.45, 7) is 0.959. The molecule has 0 aromatic heterocycles. The second-order valence-electron chi connectivity index (χ2n) is 8.38. The third-order valence-corrected chi connectivity index (χ3v) is 6.07. The number of hydrogen-bond acceptors (Lipinski definition) is 2. The van der Waals surface area contributed by atoms with Gasteiger partial charge in [0.1, 0.15) is 0 Å². The maximum absolute atomic E-state index is 9.06. The van der Waals surface area contributed by atoms with Gasteiger partial charge in [-0.15, -0.1) is 0 Å². The SMILES string of the molecule is CN(C)CC1=CC=CC1c1cc2ccccc2cc1C(=N)C1CCCCC1. The van der Waals surface area contributed by atoms with E-state index >= 15 is 0 Å². The van der Waals surface area contributed by atoms with Crippen molar-refractivity contribution >= 4 is 16.5 Å². The maximum atomic E-state index is 9.06. The number of likely N-dealkylation sites (N-methyl/N-ethyl adjacent to an activating group) is 1. The highest BCUT2D eigenvalue weighted by Gasteiger charge is 2.26. The van der Waals surface area contributed by atoms with E-state index in [4.69, 9.17) is 5.41 Å². The molecule has 1 N–H and O–H groups in total. The zero-order valence-electron chi connectivity index (χ0n) is 16.5. The third kappa shape index (κ3) is 3.77. The smallest absolute Gasteiger partial charge is 0.0420 e. The van der Waals surface area contributed by atoms with Crippen LogP contribution in [0.15, 0.2) is 60.2 Å². The molecule has 0 amide bonds. The Hall–Kier alpha value is -2.19. The molecular formula is C25H30N2. The summed E-state index contributed by atoms with van der Waals surface area (Å²) in [6.07, 6.45) is 13.0. The molecule has 2 heteroatoms. The summed E-state index contributed by atoms with van der Waals surface area (Å²) < 4.78 is 0. The highest BCUT2D eigenvalue weighted by Crippen LogP contribution is 2.37. The Morgan fingerprint density at radius 2 is 1.74 bits per heavy atom. The van der Waals surface area contributed by atoms with E-state index in [9.17, 15) is 0 Å². The number of rotatable bonds is 5. The maximum Gasteiger partial charge on any atom is 0.0420 e. The van der Waals surface area contributed by atoms with E-state index in [0.29, 0.717) is 5.92 Å². The summed E-state index contributed by atoms with van der Waals surface area (Å²) in [5, 5.41) is 11.6. The molecule has 27 heavy (non-hydrogen) atoms. The van der Waals surface area contributed by atoms with E-state index in [-0.39, 0.29) is 5.92 Å². The van der Waals surface area contributed by atoms with Crippen LogP contribution in [0.4, 0.5) is 0 Å². The van der Waals surface area contributed by atoms with Crippen molar-refractivity contribution < 1.29 is 0 Å². The van der Waals surface area contributed by atoms with Gasteiger partial charge in [-0.2, -0.15) is 0 Å². The minimum atomic E-state index is 0.288. The Kier molecular flexibility index (Phi) is 5.27. The fourth-order valence-corrected chi connectivity index (χ4v) is 4.70. The van der Waals surface area contributed by atoms with Crippen LogP contribution >= 0.6 is 0 Å². The lowest BCUT2D eigenvalue weighted by atomic mass is 9.79. The summed E-state index contributed by atoms with van der Waals surface area (Å²) in [7, 11) is 4.25. The lowest BCUT2D eigenvalue weighted by molar-refractivity contribution is 0.437. The van der Waals surface area contributed by atoms with Crippen molar-refractivity contribution in [3.63, 3.8) is 0 Å². The van der Waals surface area contributed by atoms with Gasteiger partial charge in [0.05, 0.1) is 0 Å². The number of nitrogens with one attached hydrogen (secondary N) is 1. The molecule has 140 valence electrons. The molecule has 2 aliphatic carbocycles. The molecule has 1 saturated carbocycles. The van der Waals surface area contributed by atoms with Crippen molar-refractivity contribution in [2.45, 2.75) is 38.0 Å². The summed E-state index contributed by atoms with van der Waals surface area (Å²) in [6, 6.07) is 13.2. The largest absolute Gasteiger partial charge is 0.305 e. The lowest BCUT2D eigenvalue weighted by Crippen LogP contribution is -2.22. The molecule has 0 heterocycles. The van der Waals surface area contributed by atoms with Gasteiger partial charge in [-0.25, -0.2) is 0 Å². The molecule has 2 aromatic carbocycles. The van der Waals surface area contributed by atoms with Crippen LogP contribution in [0.25, 0.3) is 10.8 Å². The van der Waals surface area contributed by atoms with Crippen molar-refractivity contribution in [3.8, 4) is 0 Å². The van der Waals surface area contributed by atoms with Crippen LogP contribution in [-0.2, 0) is 0 Å². The van der Waals surface area contributed by atoms with Gasteiger partial charge in [0, 0.05) is 29.7 Å². The van der Waals surface area contributed by atoms with Crippen LogP contribution in [0.3, 0.4) is 0 Å². The summed E-state index contributed by atoms with van der Waals surface area (Å²) in [4.78, 5) is 2.24. The molecule has 0 radical (unpaired) electrons. The van der Waals surface area contributed by atoms with Gasteiger partial charge in [-0.05, 0) is 61.0 Å². The van der Waals surface area contributed by atoms with Gasteiger partial charge in [0.25, 0.3) is 0 Å². The Bertz CT molecular complexity index is 898. The van der Waals surface area contributed by atoms with Crippen LogP contribution in [0.2, 0.25) is 0 Å². The molecule has 2 aliphatic rings. The van der Waals surface area contributed by atoms with Crippen LogP contribution < -0.4 is 0 Å². The molecule has 1 fully saturated rings. The second kappa shape index (κ2) is 7.82. The summed E-state index contributed by atoms with van der Waals surface area (Å²) in [5.41, 5.74) is 4.76. The number of nitrogens with zero attached hydrogens (tertiary/aromatic N) is 1. The molecule has 4 rings (SSSR count). The van der Waals surface area contributed by atoms with Crippen molar-refractivity contribution in [2.24, 2.45) is 5.92 Å². The van der Waals surface area contributed by atoms with E-state index < -0.39 is 0 Å². The number of allylic oxidation sites excluding steroid dienone is 3. The monoisotopic (exact) mass is 358 g/mol. The van der Waals surface area contributed by atoms with Crippen LogP contribution in [0.1, 0.15) is 49.1 Å². The molecule has 2 aromatic rings. The highest BCUT2D eigenvalue weighted by molar-refractivity contribution is 6.05. The normalized spacial score (nSPS) is 20.4. The standard InChI is InChI=1S/C25H30N2/c1-27(2)17-21-13-8-14-22(21)23-15-19-11-6-7-12-20(19)16-24(23)25(26)18-9-4-3-5-10-18/h6-8,11-16,18,22,26H,3-5,9-10,17H2,1-2H3. The van der Waals surface area contributed by atoms with Gasteiger partial charge < -0.3 is 10.3 Å². The quantitative estimate of drug-likeness (QED) is 0.659. The lowest BCUT2D eigenvalue weighted by Gasteiger charge is -2.27. The first-order valence-electron chi connectivity index (χ1n) is 10.3. The van der Waals surface area contributed by atoms with E-state index in [1.165, 1.54) is 59.6 Å². The van der Waals surface area contributed by atoms with Gasteiger partial charge >= 0.3 is 0 Å². The first kappa shape index (κ1) is 18.2. The minimum absolute atomic E-state index is 0.288. The molecule has 0 saturated heterocycles. The Morgan fingerprint density at radius 3 is 2.44 bits per heavy atom. The third-order valence-electron chi connectivity index (χ3n) is 6.07. The molecule has 0 spiro atoms. The first-order valence-corrected chi connectivity index (χ1v) is 10.3. The topological polar surface area (TPSA) is 27.1 Å². The summed E-state index contributed by atoms with van der Waals surface area (Å²) in [5.74, 6) is 0.710. The zero-order chi connectivity index (χ0) is 18.8. The molecule has 1 unspecified atom stereocenters. The fourth-order valence-electron chi connectivity index (χ4n) is 4.70. The average molecular weight is 359 g/mol. The molecule has 0 aliphatic heterocycles. The number of hydrogen-bond donors (Lipinski definition) is 1. The first-order chi connectivity index (χ1) is 13.1. The Labute approximate surface area is 163 Å². The minimum Gasteiger partial charge on any atom is -0.305 e. The number of fused-ring (bicyclic) bond motifs is 1. The van der Waals surface area contributed by atoms with E-state index in [1.54, 1.807) is 0 Å². The van der Waals surface area contributed by atoms with Gasteiger partial charge in [0.2, 0.25) is 0 Å². The van der Waals surface area contributed by atoms with E-state index in [1.807, 2.05) is 0 Å². The van der Waals surface area contributed by atoms with Crippen LogP contribution in [0.5, 0.6) is 0 Å². The molecule has 1 atom stereocenters. The van der Waals surface area contributed by atoms with Gasteiger partial charge in [0.15, 0.2) is 0 Å². The van der Waals surface area contributed by atoms with Gasteiger partial charge in [-0.1, -0.05) is 61.8 Å². The Balaban J connectivity index is 1.79. The molecule has 0 bridgehead atoms. The predicted octanol–water partition coefficient (Wildman–Crippen LogP) is 5.93. The van der Waals surface area contributed by atoms with E-state index in [2.05, 4.69) is 73.6 Å². The predicted molar refractivity (Wildman–Crippen MR) is 116 cm³/mol. The molecule has 2 nitrogen and oxygen atoms in total. The summed E-state index contributed by atoms with van der Waals surface area (Å²) >= 11 is 0.